The van der Waals surface area contributed by atoms with Gasteiger partial charge in [0.2, 0.25) is 10.0 Å². The van der Waals surface area contributed by atoms with Crippen LogP contribution < -0.4 is 15.2 Å². The number of fused-ring (bicyclic) bond motifs is 1. The molecule has 2 atom stereocenters. The van der Waals surface area contributed by atoms with Gasteiger partial charge >= 0.3 is 0 Å². The minimum Gasteiger partial charge on any atom is -0.490 e. The lowest BCUT2D eigenvalue weighted by Crippen LogP contribution is -2.36. The van der Waals surface area contributed by atoms with Crippen LogP contribution in [0.15, 0.2) is 42.6 Å². The van der Waals surface area contributed by atoms with Gasteiger partial charge in [0, 0.05) is 36.9 Å². The van der Waals surface area contributed by atoms with Crippen LogP contribution in [-0.4, -0.2) is 55.8 Å². The van der Waals surface area contributed by atoms with Crippen LogP contribution in [-0.2, 0) is 16.4 Å². The van der Waals surface area contributed by atoms with E-state index in [2.05, 4.69) is 26.7 Å². The Balaban J connectivity index is 1.32. The van der Waals surface area contributed by atoms with E-state index in [4.69, 9.17) is 10.5 Å². The van der Waals surface area contributed by atoms with E-state index in [1.54, 1.807) is 11.3 Å². The number of likely N-dealkylation sites (tertiary alicyclic amines) is 1. The first-order chi connectivity index (χ1) is 18.2. The molecule has 0 saturated carbocycles. The second-order valence-electron chi connectivity index (χ2n) is 10.3. The number of thiazole rings is 1. The summed E-state index contributed by atoms with van der Waals surface area (Å²) in [7, 11) is -3.42. The Kier molecular flexibility index (Phi) is 7.84. The van der Waals surface area contributed by atoms with Crippen molar-refractivity contribution >= 4 is 21.4 Å². The summed E-state index contributed by atoms with van der Waals surface area (Å²) in [5, 5.41) is 10.4. The van der Waals surface area contributed by atoms with Gasteiger partial charge in [0.15, 0.2) is 0 Å². The van der Waals surface area contributed by atoms with Crippen LogP contribution in [0.3, 0.4) is 0 Å². The third-order valence-corrected chi connectivity index (χ3v) is 9.50. The Hall–Kier alpha value is -2.81. The van der Waals surface area contributed by atoms with Gasteiger partial charge in [0.05, 0.1) is 22.3 Å². The van der Waals surface area contributed by atoms with Gasteiger partial charge in [0.25, 0.3) is 0 Å². The van der Waals surface area contributed by atoms with E-state index in [1.807, 2.05) is 50.4 Å². The van der Waals surface area contributed by atoms with Crippen LogP contribution in [0, 0.1) is 11.3 Å². The minimum atomic E-state index is -3.42. The Bertz CT molecular complexity index is 1460. The molecular weight excluding hydrogens is 518 g/mol. The molecule has 1 aliphatic heterocycles. The first-order valence-electron chi connectivity index (χ1n) is 13.0. The fourth-order valence-electron chi connectivity index (χ4n) is 5.24. The highest BCUT2D eigenvalue weighted by Gasteiger charge is 2.29. The molecule has 3 N–H and O–H groups in total. The number of rotatable bonds is 9. The van der Waals surface area contributed by atoms with E-state index in [-0.39, 0.29) is 23.9 Å². The molecule has 1 aromatic heterocycles. The first-order valence-corrected chi connectivity index (χ1v) is 15.5. The number of nitrogens with two attached hydrogens (primary N) is 1. The quantitative estimate of drug-likeness (QED) is 0.411. The average molecular weight is 552 g/mol. The summed E-state index contributed by atoms with van der Waals surface area (Å²) in [6.07, 6.45) is 4.29. The lowest BCUT2D eigenvalue weighted by atomic mass is 10.0. The Labute approximate surface area is 228 Å². The van der Waals surface area contributed by atoms with Crippen molar-refractivity contribution in [3.63, 3.8) is 0 Å². The second-order valence-corrected chi connectivity index (χ2v) is 13.2. The largest absolute Gasteiger partial charge is 0.490 e. The highest BCUT2D eigenvalue weighted by Crippen LogP contribution is 2.41. The van der Waals surface area contributed by atoms with Crippen LogP contribution in [0.1, 0.15) is 49.4 Å². The van der Waals surface area contributed by atoms with E-state index in [1.165, 1.54) is 5.56 Å². The fraction of sp³-hybridized carbons (Fsp3) is 0.429. The summed E-state index contributed by atoms with van der Waals surface area (Å²) >= 11 is 1.57. The Morgan fingerprint density at radius 2 is 2.13 bits per heavy atom. The molecule has 2 aromatic carbocycles. The Morgan fingerprint density at radius 1 is 1.29 bits per heavy atom. The summed E-state index contributed by atoms with van der Waals surface area (Å²) in [6, 6.07) is 13.8. The van der Waals surface area contributed by atoms with Crippen molar-refractivity contribution in [3.8, 4) is 32.8 Å². The molecule has 0 spiro atoms. The molecule has 0 amide bonds. The van der Waals surface area contributed by atoms with Gasteiger partial charge < -0.3 is 15.4 Å². The number of nitrogens with one attached hydrogen (secondary N) is 1. The molecule has 10 heteroatoms. The third-order valence-electron chi connectivity index (χ3n) is 7.06. The van der Waals surface area contributed by atoms with Crippen LogP contribution in [0.5, 0.6) is 5.75 Å². The van der Waals surface area contributed by atoms with Crippen molar-refractivity contribution in [1.82, 2.24) is 14.6 Å². The smallest absolute Gasteiger partial charge is 0.213 e. The molecule has 200 valence electrons. The van der Waals surface area contributed by atoms with Crippen molar-refractivity contribution in [2.45, 2.75) is 51.3 Å². The predicted octanol–water partition coefficient (Wildman–Crippen LogP) is 4.08. The average Bonchev–Trinajstić information content (AvgIpc) is 3.63. The molecule has 1 fully saturated rings. The van der Waals surface area contributed by atoms with Crippen LogP contribution in [0.25, 0.3) is 21.0 Å². The van der Waals surface area contributed by atoms with Crippen molar-refractivity contribution in [1.29, 1.82) is 5.26 Å². The molecule has 2 aliphatic rings. The van der Waals surface area contributed by atoms with Gasteiger partial charge in [-0.25, -0.2) is 18.1 Å². The second kappa shape index (κ2) is 11.1. The van der Waals surface area contributed by atoms with Gasteiger partial charge in [-0.05, 0) is 74.5 Å². The van der Waals surface area contributed by atoms with Crippen molar-refractivity contribution in [3.05, 3.63) is 59.3 Å². The monoisotopic (exact) mass is 551 g/mol. The molecule has 5 rings (SSSR count). The van der Waals surface area contributed by atoms with Gasteiger partial charge in [-0.1, -0.05) is 18.2 Å². The van der Waals surface area contributed by atoms with Crippen molar-refractivity contribution in [2.24, 2.45) is 5.73 Å². The predicted molar refractivity (Wildman–Crippen MR) is 150 cm³/mol. The summed E-state index contributed by atoms with van der Waals surface area (Å²) in [6.45, 7) is 5.98. The summed E-state index contributed by atoms with van der Waals surface area (Å²) in [4.78, 5) is 7.78. The topological polar surface area (TPSA) is 121 Å². The summed E-state index contributed by atoms with van der Waals surface area (Å²) < 4.78 is 34.4. The number of hydrogen-bond acceptors (Lipinski definition) is 8. The van der Waals surface area contributed by atoms with Gasteiger partial charge in [-0.15, -0.1) is 11.3 Å². The molecule has 8 nitrogen and oxygen atoms in total. The molecule has 1 unspecified atom stereocenters. The highest BCUT2D eigenvalue weighted by atomic mass is 32.2. The number of sulfonamides is 1. The van der Waals surface area contributed by atoms with Gasteiger partial charge in [-0.3, -0.25) is 0 Å². The lowest BCUT2D eigenvalue weighted by Gasteiger charge is -2.18. The maximum atomic E-state index is 12.9. The maximum absolute atomic E-state index is 12.9. The molecule has 38 heavy (non-hydrogen) atoms. The first kappa shape index (κ1) is 26.8. The van der Waals surface area contributed by atoms with Gasteiger partial charge in [0.1, 0.15) is 16.8 Å². The zero-order chi connectivity index (χ0) is 26.9. The summed E-state index contributed by atoms with van der Waals surface area (Å²) in [5.41, 5.74) is 10.6. The molecular formula is C28H33N5O3S2. The zero-order valence-corrected chi connectivity index (χ0v) is 23.3. The maximum Gasteiger partial charge on any atom is 0.213 e. The molecule has 1 aliphatic carbocycles. The van der Waals surface area contributed by atoms with E-state index in [0.29, 0.717) is 17.9 Å². The van der Waals surface area contributed by atoms with Crippen LogP contribution >= 0.6 is 11.3 Å². The fourth-order valence-corrected chi connectivity index (χ4v) is 7.50. The molecule has 0 radical (unpaired) electrons. The van der Waals surface area contributed by atoms with Gasteiger partial charge in [-0.2, -0.15) is 5.26 Å². The molecule has 1 saturated heterocycles. The number of nitrogens with zero attached hydrogens (tertiary/aromatic N) is 3. The number of ether oxygens (including phenoxy) is 1. The van der Waals surface area contributed by atoms with Crippen molar-refractivity contribution < 1.29 is 13.2 Å². The van der Waals surface area contributed by atoms with E-state index < -0.39 is 10.0 Å². The molecule has 3 aromatic rings. The standard InChI is InChI=1S/C28H33N5O3S2/c1-18(2)36-26-9-6-19(14-20(26)15-29)28-31-16-27(37-28)24-5-3-4-23-22(24)7-8-25(23)32-38(34,35)13-12-33-11-10-21(30)17-33/h3-6,9,14,16,18,21,25,32H,7-8,10-13,17,30H2,1-2H3/t21-,25?/m1/s1. The Morgan fingerprint density at radius 3 is 2.87 bits per heavy atom. The number of benzene rings is 2. The minimum absolute atomic E-state index is 0.0168. The normalized spacial score (nSPS) is 19.6. The van der Waals surface area contributed by atoms with E-state index in [0.717, 1.165) is 58.9 Å². The summed E-state index contributed by atoms with van der Waals surface area (Å²) in [5.74, 6) is 0.649. The highest BCUT2D eigenvalue weighted by molar-refractivity contribution is 7.89. The third kappa shape index (κ3) is 5.92. The zero-order valence-electron chi connectivity index (χ0n) is 21.7. The van der Waals surface area contributed by atoms with E-state index >= 15 is 0 Å². The number of aromatic nitrogens is 1. The van der Waals surface area contributed by atoms with Crippen molar-refractivity contribution in [2.75, 3.05) is 25.4 Å². The molecule has 0 bridgehead atoms. The molecule has 2 heterocycles. The van der Waals surface area contributed by atoms with Crippen LogP contribution in [0.2, 0.25) is 0 Å². The van der Waals surface area contributed by atoms with E-state index in [9.17, 15) is 13.7 Å². The van der Waals surface area contributed by atoms with Crippen LogP contribution in [0.4, 0.5) is 0 Å². The number of hydrogen-bond donors (Lipinski definition) is 2. The number of nitriles is 1. The SMILES string of the molecule is CC(C)Oc1ccc(-c2ncc(-c3cccc4c3CCC4NS(=O)(=O)CCN3CC[C@@H](N)C3)s2)cc1C#N. The lowest BCUT2D eigenvalue weighted by molar-refractivity contribution is 0.242.